The van der Waals surface area contributed by atoms with Gasteiger partial charge in [-0.05, 0) is 23.3 Å². The summed E-state index contributed by atoms with van der Waals surface area (Å²) in [5, 5.41) is 6.31. The van der Waals surface area contributed by atoms with Crippen LogP contribution >= 0.6 is 24.0 Å². The van der Waals surface area contributed by atoms with Gasteiger partial charge in [-0.3, -0.25) is 4.99 Å². The largest absolute Gasteiger partial charge is 0.481 e. The molecular formula is C16H20FIN4O. The summed E-state index contributed by atoms with van der Waals surface area (Å²) in [6.07, 6.45) is 1.74. The van der Waals surface area contributed by atoms with Gasteiger partial charge >= 0.3 is 0 Å². The summed E-state index contributed by atoms with van der Waals surface area (Å²) in [5.74, 6) is 0.976. The Labute approximate surface area is 152 Å². The molecule has 1 heterocycles. The minimum Gasteiger partial charge on any atom is -0.481 e. The molecule has 2 N–H and O–H groups in total. The molecule has 0 atom stereocenters. The van der Waals surface area contributed by atoms with E-state index in [4.69, 9.17) is 4.74 Å². The van der Waals surface area contributed by atoms with E-state index in [1.807, 2.05) is 12.1 Å². The van der Waals surface area contributed by atoms with Crippen LogP contribution in [0.4, 0.5) is 4.39 Å². The summed E-state index contributed by atoms with van der Waals surface area (Å²) in [5.41, 5.74) is 1.86. The predicted molar refractivity (Wildman–Crippen MR) is 99.6 cm³/mol. The van der Waals surface area contributed by atoms with E-state index >= 15 is 0 Å². The number of aliphatic imine (C=N–C) groups is 1. The Bertz CT molecular complexity index is 634. The Balaban J connectivity index is 0.00000264. The second-order valence-corrected chi connectivity index (χ2v) is 4.62. The van der Waals surface area contributed by atoms with Crippen molar-refractivity contribution in [2.75, 3.05) is 14.2 Å². The van der Waals surface area contributed by atoms with Crippen LogP contribution in [-0.4, -0.2) is 25.1 Å². The number of methoxy groups -OCH3 is 1. The number of aromatic nitrogens is 1. The van der Waals surface area contributed by atoms with Crippen molar-refractivity contribution in [1.29, 1.82) is 0 Å². The molecule has 7 heteroatoms. The van der Waals surface area contributed by atoms with Gasteiger partial charge < -0.3 is 15.4 Å². The lowest BCUT2D eigenvalue weighted by atomic mass is 10.2. The maximum atomic E-state index is 13.1. The number of hydrogen-bond donors (Lipinski definition) is 2. The molecule has 2 rings (SSSR count). The first-order chi connectivity index (χ1) is 10.7. The van der Waals surface area contributed by atoms with Gasteiger partial charge in [-0.2, -0.15) is 0 Å². The number of rotatable bonds is 5. The van der Waals surface area contributed by atoms with Crippen molar-refractivity contribution in [3.8, 4) is 5.88 Å². The molecule has 124 valence electrons. The highest BCUT2D eigenvalue weighted by Gasteiger charge is 2.01. The minimum atomic E-state index is -0.244. The molecule has 0 fully saturated rings. The fraction of sp³-hybridized carbons (Fsp3) is 0.250. The van der Waals surface area contributed by atoms with Gasteiger partial charge in [0.25, 0.3) is 0 Å². The van der Waals surface area contributed by atoms with Gasteiger partial charge in [-0.15, -0.1) is 24.0 Å². The Morgan fingerprint density at radius 3 is 2.48 bits per heavy atom. The van der Waals surface area contributed by atoms with E-state index in [-0.39, 0.29) is 29.8 Å². The van der Waals surface area contributed by atoms with Gasteiger partial charge in [0.2, 0.25) is 5.88 Å². The molecule has 0 spiro atoms. The average Bonchev–Trinajstić information content (AvgIpc) is 2.55. The summed E-state index contributed by atoms with van der Waals surface area (Å²) in [6.45, 7) is 1.08. The molecular weight excluding hydrogens is 410 g/mol. The summed E-state index contributed by atoms with van der Waals surface area (Å²) in [6, 6.07) is 10.2. The van der Waals surface area contributed by atoms with Crippen LogP contribution in [0.15, 0.2) is 47.6 Å². The number of halogens is 2. The fourth-order valence-electron chi connectivity index (χ4n) is 1.88. The van der Waals surface area contributed by atoms with Crippen molar-refractivity contribution in [3.05, 3.63) is 59.5 Å². The highest BCUT2D eigenvalue weighted by molar-refractivity contribution is 14.0. The molecule has 0 aliphatic carbocycles. The smallest absolute Gasteiger partial charge is 0.212 e. The molecule has 0 aliphatic heterocycles. The predicted octanol–water partition coefficient (Wildman–Crippen LogP) is 2.71. The van der Waals surface area contributed by atoms with Gasteiger partial charge in [0.05, 0.1) is 7.11 Å². The zero-order valence-corrected chi connectivity index (χ0v) is 15.4. The van der Waals surface area contributed by atoms with E-state index in [1.54, 1.807) is 32.5 Å². The summed E-state index contributed by atoms with van der Waals surface area (Å²) in [4.78, 5) is 8.27. The van der Waals surface area contributed by atoms with Gasteiger partial charge in [-0.1, -0.05) is 18.2 Å². The van der Waals surface area contributed by atoms with Gasteiger partial charge in [0.15, 0.2) is 5.96 Å². The van der Waals surface area contributed by atoms with Crippen LogP contribution in [0, 0.1) is 5.82 Å². The molecule has 0 aliphatic rings. The monoisotopic (exact) mass is 430 g/mol. The maximum Gasteiger partial charge on any atom is 0.212 e. The van der Waals surface area contributed by atoms with Crippen LogP contribution in [0.2, 0.25) is 0 Å². The molecule has 0 radical (unpaired) electrons. The van der Waals surface area contributed by atoms with Crippen LogP contribution in [-0.2, 0) is 13.1 Å². The zero-order valence-electron chi connectivity index (χ0n) is 13.0. The molecule has 23 heavy (non-hydrogen) atoms. The van der Waals surface area contributed by atoms with Crippen LogP contribution in [0.5, 0.6) is 5.88 Å². The molecule has 0 unspecified atom stereocenters. The van der Waals surface area contributed by atoms with Gasteiger partial charge in [0, 0.05) is 32.4 Å². The fourth-order valence-corrected chi connectivity index (χ4v) is 1.88. The van der Waals surface area contributed by atoms with Crippen LogP contribution in [0.25, 0.3) is 0 Å². The third-order valence-electron chi connectivity index (χ3n) is 3.04. The number of hydrogen-bond acceptors (Lipinski definition) is 3. The molecule has 5 nitrogen and oxygen atoms in total. The van der Waals surface area contributed by atoms with Crippen molar-refractivity contribution in [3.63, 3.8) is 0 Å². The first-order valence-electron chi connectivity index (χ1n) is 6.89. The van der Waals surface area contributed by atoms with Gasteiger partial charge in [0.1, 0.15) is 5.82 Å². The number of pyridine rings is 1. The highest BCUT2D eigenvalue weighted by atomic mass is 127. The van der Waals surface area contributed by atoms with Crippen molar-refractivity contribution >= 4 is 29.9 Å². The number of ether oxygens (including phenoxy) is 1. The first kappa shape index (κ1) is 19.1. The van der Waals surface area contributed by atoms with Crippen molar-refractivity contribution in [1.82, 2.24) is 15.6 Å². The molecule has 2 aromatic rings. The lowest BCUT2D eigenvalue weighted by Crippen LogP contribution is -2.36. The van der Waals surface area contributed by atoms with E-state index < -0.39 is 0 Å². The van der Waals surface area contributed by atoms with Crippen molar-refractivity contribution < 1.29 is 9.13 Å². The summed E-state index contributed by atoms with van der Waals surface area (Å²) < 4.78 is 18.1. The van der Waals surface area contributed by atoms with Crippen LogP contribution in [0.1, 0.15) is 11.1 Å². The topological polar surface area (TPSA) is 58.5 Å². The number of guanidine groups is 1. The van der Waals surface area contributed by atoms with E-state index in [0.717, 1.165) is 11.1 Å². The van der Waals surface area contributed by atoms with E-state index in [1.165, 1.54) is 12.1 Å². The Hall–Kier alpha value is -1.90. The number of nitrogens with zero attached hydrogens (tertiary/aromatic N) is 2. The Morgan fingerprint density at radius 2 is 1.91 bits per heavy atom. The SMILES string of the molecule is CN=C(NCc1ccc(OC)nc1)NCc1cccc(F)c1.I. The third kappa shape index (κ3) is 6.39. The Kier molecular flexibility index (Phi) is 8.31. The lowest BCUT2D eigenvalue weighted by molar-refractivity contribution is 0.397. The van der Waals surface area contributed by atoms with Gasteiger partial charge in [-0.25, -0.2) is 9.37 Å². The lowest BCUT2D eigenvalue weighted by Gasteiger charge is -2.12. The number of nitrogens with one attached hydrogen (secondary N) is 2. The summed E-state index contributed by atoms with van der Waals surface area (Å²) in [7, 11) is 3.27. The minimum absolute atomic E-state index is 0. The second kappa shape index (κ2) is 9.98. The molecule has 0 amide bonds. The number of benzene rings is 1. The molecule has 1 aromatic heterocycles. The van der Waals surface area contributed by atoms with E-state index in [9.17, 15) is 4.39 Å². The Morgan fingerprint density at radius 1 is 1.17 bits per heavy atom. The van der Waals surface area contributed by atoms with Crippen molar-refractivity contribution in [2.45, 2.75) is 13.1 Å². The van der Waals surface area contributed by atoms with Crippen LogP contribution in [0.3, 0.4) is 0 Å². The van der Waals surface area contributed by atoms with E-state index in [0.29, 0.717) is 24.9 Å². The second-order valence-electron chi connectivity index (χ2n) is 4.62. The first-order valence-corrected chi connectivity index (χ1v) is 6.89. The average molecular weight is 430 g/mol. The molecule has 0 saturated heterocycles. The highest BCUT2D eigenvalue weighted by Crippen LogP contribution is 2.06. The van der Waals surface area contributed by atoms with Crippen molar-refractivity contribution in [2.24, 2.45) is 4.99 Å². The zero-order chi connectivity index (χ0) is 15.8. The third-order valence-corrected chi connectivity index (χ3v) is 3.04. The molecule has 1 aromatic carbocycles. The molecule has 0 saturated carbocycles. The van der Waals surface area contributed by atoms with Crippen LogP contribution < -0.4 is 15.4 Å². The quantitative estimate of drug-likeness (QED) is 0.435. The summed E-state index contributed by atoms with van der Waals surface area (Å²) >= 11 is 0. The van der Waals surface area contributed by atoms with E-state index in [2.05, 4.69) is 20.6 Å². The maximum absolute atomic E-state index is 13.1. The standard InChI is InChI=1S/C16H19FN4O.HI/c1-18-16(20-9-12-4-3-5-14(17)8-12)21-11-13-6-7-15(22-2)19-10-13;/h3-8,10H,9,11H2,1-2H3,(H2,18,20,21);1H. The normalized spacial score (nSPS) is 10.7. The molecule has 0 bridgehead atoms.